The molecule has 2 nitrogen and oxygen atoms in total. The van der Waals surface area contributed by atoms with Crippen LogP contribution in [-0.2, 0) is 7.05 Å². The molecule has 0 amide bonds. The molecular weight excluding hydrogens is 242 g/mol. The molecule has 0 aliphatic rings. The molecule has 0 fully saturated rings. The van der Waals surface area contributed by atoms with Crippen molar-refractivity contribution < 1.29 is 0 Å². The molecular formula is C12H12ClNOS. The van der Waals surface area contributed by atoms with Crippen molar-refractivity contribution >= 4 is 34.3 Å². The number of halogens is 1. The maximum atomic E-state index is 12.2. The molecule has 0 aliphatic heterocycles. The van der Waals surface area contributed by atoms with Crippen molar-refractivity contribution in [3.63, 3.8) is 0 Å². The number of aryl methyl sites for hydroxylation is 1. The Hall–Kier alpha value is -0.930. The van der Waals surface area contributed by atoms with Crippen LogP contribution in [-0.4, -0.2) is 10.8 Å². The van der Waals surface area contributed by atoms with E-state index in [2.05, 4.69) is 0 Å². The number of rotatable bonds is 1. The monoisotopic (exact) mass is 253 g/mol. The van der Waals surface area contributed by atoms with Gasteiger partial charge in [-0.05, 0) is 31.4 Å². The average molecular weight is 254 g/mol. The van der Waals surface area contributed by atoms with Gasteiger partial charge in [-0.3, -0.25) is 4.79 Å². The summed E-state index contributed by atoms with van der Waals surface area (Å²) >= 11 is 7.44. The van der Waals surface area contributed by atoms with Gasteiger partial charge in [0.05, 0.1) is 10.4 Å². The fraction of sp³-hybridized carbons (Fsp3) is 0.250. The minimum atomic E-state index is 0.0924. The smallest absolute Gasteiger partial charge is 0.203 e. The van der Waals surface area contributed by atoms with Gasteiger partial charge in [0.25, 0.3) is 0 Å². The summed E-state index contributed by atoms with van der Waals surface area (Å²) in [6.07, 6.45) is 1.92. The Labute approximate surface area is 103 Å². The molecule has 2 rings (SSSR count). The maximum Gasteiger partial charge on any atom is 0.203 e. The molecule has 1 heterocycles. The first-order valence-corrected chi connectivity index (χ1v) is 6.49. The van der Waals surface area contributed by atoms with Crippen molar-refractivity contribution in [2.45, 2.75) is 11.8 Å². The standard InChI is InChI=1S/C12H12ClNOS/c1-7-12(16-3)11(15)9-5-4-8(13)6-10(9)14(7)2/h4-6H,1-3H3. The summed E-state index contributed by atoms with van der Waals surface area (Å²) in [5.41, 5.74) is 1.95. The molecule has 4 heteroatoms. The predicted molar refractivity (Wildman–Crippen MR) is 70.7 cm³/mol. The number of hydrogen-bond donors (Lipinski definition) is 0. The first-order valence-electron chi connectivity index (χ1n) is 4.89. The van der Waals surface area contributed by atoms with Gasteiger partial charge in [-0.1, -0.05) is 11.6 Å². The van der Waals surface area contributed by atoms with Crippen LogP contribution >= 0.6 is 23.4 Å². The third kappa shape index (κ3) is 1.64. The second-order valence-electron chi connectivity index (χ2n) is 3.67. The van der Waals surface area contributed by atoms with Crippen molar-refractivity contribution in [3.8, 4) is 0 Å². The largest absolute Gasteiger partial charge is 0.347 e. The van der Waals surface area contributed by atoms with Crippen LogP contribution in [0, 0.1) is 6.92 Å². The highest BCUT2D eigenvalue weighted by Gasteiger charge is 2.11. The predicted octanol–water partition coefficient (Wildman–Crippen LogP) is 3.22. The Morgan fingerprint density at radius 1 is 1.38 bits per heavy atom. The van der Waals surface area contributed by atoms with Crippen LogP contribution in [0.4, 0.5) is 0 Å². The van der Waals surface area contributed by atoms with Crippen molar-refractivity contribution in [2.24, 2.45) is 7.05 Å². The molecule has 0 aliphatic carbocycles. The summed E-state index contributed by atoms with van der Waals surface area (Å²) in [4.78, 5) is 13.0. The van der Waals surface area contributed by atoms with Gasteiger partial charge < -0.3 is 4.57 Å². The molecule has 0 saturated heterocycles. The SMILES string of the molecule is CSc1c(C)n(C)c2cc(Cl)ccc2c1=O. The van der Waals surface area contributed by atoms with Crippen LogP contribution in [0.25, 0.3) is 10.9 Å². The van der Waals surface area contributed by atoms with Gasteiger partial charge in [-0.15, -0.1) is 11.8 Å². The Morgan fingerprint density at radius 2 is 2.06 bits per heavy atom. The molecule has 0 N–H and O–H groups in total. The van der Waals surface area contributed by atoms with E-state index in [1.54, 1.807) is 12.1 Å². The zero-order chi connectivity index (χ0) is 11.9. The minimum Gasteiger partial charge on any atom is -0.347 e. The zero-order valence-electron chi connectivity index (χ0n) is 9.37. The van der Waals surface area contributed by atoms with Gasteiger partial charge in [0, 0.05) is 23.2 Å². The normalized spacial score (nSPS) is 11.0. The molecule has 2 aromatic rings. The maximum absolute atomic E-state index is 12.2. The van der Waals surface area contributed by atoms with E-state index < -0.39 is 0 Å². The van der Waals surface area contributed by atoms with Crippen LogP contribution in [0.1, 0.15) is 5.69 Å². The van der Waals surface area contributed by atoms with Crippen molar-refractivity contribution in [1.29, 1.82) is 0 Å². The van der Waals surface area contributed by atoms with Crippen molar-refractivity contribution in [2.75, 3.05) is 6.26 Å². The van der Waals surface area contributed by atoms with E-state index in [4.69, 9.17) is 11.6 Å². The summed E-state index contributed by atoms with van der Waals surface area (Å²) < 4.78 is 2.01. The van der Waals surface area contributed by atoms with Crippen LogP contribution in [0.5, 0.6) is 0 Å². The third-order valence-corrected chi connectivity index (χ3v) is 3.93. The van der Waals surface area contributed by atoms with E-state index in [-0.39, 0.29) is 5.43 Å². The lowest BCUT2D eigenvalue weighted by Crippen LogP contribution is -2.13. The number of hydrogen-bond acceptors (Lipinski definition) is 2. The van der Waals surface area contributed by atoms with E-state index in [9.17, 15) is 4.79 Å². The highest BCUT2D eigenvalue weighted by molar-refractivity contribution is 7.98. The second kappa shape index (κ2) is 4.15. The average Bonchev–Trinajstić information content (AvgIpc) is 2.27. The highest BCUT2D eigenvalue weighted by Crippen LogP contribution is 2.22. The van der Waals surface area contributed by atoms with Gasteiger partial charge in [0.2, 0.25) is 5.43 Å². The third-order valence-electron chi connectivity index (χ3n) is 2.81. The van der Waals surface area contributed by atoms with Gasteiger partial charge in [-0.25, -0.2) is 0 Å². The molecule has 1 aromatic carbocycles. The summed E-state index contributed by atoms with van der Waals surface area (Å²) in [6, 6.07) is 5.37. The molecule has 16 heavy (non-hydrogen) atoms. The van der Waals surface area contributed by atoms with E-state index in [0.29, 0.717) is 5.02 Å². The lowest BCUT2D eigenvalue weighted by atomic mass is 10.2. The fourth-order valence-corrected chi connectivity index (χ4v) is 2.73. The van der Waals surface area contributed by atoms with Gasteiger partial charge >= 0.3 is 0 Å². The van der Waals surface area contributed by atoms with E-state index in [0.717, 1.165) is 21.5 Å². The number of nitrogens with zero attached hydrogens (tertiary/aromatic N) is 1. The second-order valence-corrected chi connectivity index (χ2v) is 4.92. The lowest BCUT2D eigenvalue weighted by molar-refractivity contribution is 0.866. The highest BCUT2D eigenvalue weighted by atomic mass is 35.5. The van der Waals surface area contributed by atoms with E-state index in [1.807, 2.05) is 30.9 Å². The van der Waals surface area contributed by atoms with E-state index in [1.165, 1.54) is 11.8 Å². The number of thioether (sulfide) groups is 1. The first-order chi connectivity index (χ1) is 7.56. The first kappa shape index (κ1) is 11.6. The van der Waals surface area contributed by atoms with Crippen LogP contribution in [0.2, 0.25) is 5.02 Å². The molecule has 1 aromatic heterocycles. The topological polar surface area (TPSA) is 22.0 Å². The molecule has 0 unspecified atom stereocenters. The van der Waals surface area contributed by atoms with Gasteiger partial charge in [0.15, 0.2) is 0 Å². The van der Waals surface area contributed by atoms with Crippen LogP contribution in [0.3, 0.4) is 0 Å². The molecule has 0 bridgehead atoms. The van der Waals surface area contributed by atoms with Crippen LogP contribution < -0.4 is 5.43 Å². The van der Waals surface area contributed by atoms with E-state index >= 15 is 0 Å². The Balaban J connectivity index is 3.02. The summed E-state index contributed by atoms with van der Waals surface area (Å²) in [6.45, 7) is 1.95. The summed E-state index contributed by atoms with van der Waals surface area (Å²) in [5, 5.41) is 1.38. The molecule has 0 spiro atoms. The van der Waals surface area contributed by atoms with Crippen LogP contribution in [0.15, 0.2) is 27.9 Å². The molecule has 0 radical (unpaired) electrons. The van der Waals surface area contributed by atoms with Gasteiger partial charge in [-0.2, -0.15) is 0 Å². The van der Waals surface area contributed by atoms with Gasteiger partial charge in [0.1, 0.15) is 0 Å². The van der Waals surface area contributed by atoms with Crippen molar-refractivity contribution in [3.05, 3.63) is 39.1 Å². The molecule has 0 atom stereocenters. The quantitative estimate of drug-likeness (QED) is 0.728. The summed E-state index contributed by atoms with van der Waals surface area (Å²) in [7, 11) is 1.95. The number of aromatic nitrogens is 1. The lowest BCUT2D eigenvalue weighted by Gasteiger charge is -2.12. The van der Waals surface area contributed by atoms with Crippen molar-refractivity contribution in [1.82, 2.24) is 4.57 Å². The Morgan fingerprint density at radius 3 is 2.69 bits per heavy atom. The summed E-state index contributed by atoms with van der Waals surface area (Å²) in [5.74, 6) is 0. The zero-order valence-corrected chi connectivity index (χ0v) is 10.9. The number of benzene rings is 1. The number of fused-ring (bicyclic) bond motifs is 1. The number of pyridine rings is 1. The molecule has 0 saturated carbocycles. The molecule has 84 valence electrons. The Bertz CT molecular complexity index is 618. The fourth-order valence-electron chi connectivity index (χ4n) is 1.83. The Kier molecular flexibility index (Phi) is 3.00. The minimum absolute atomic E-state index is 0.0924.